The number of benzene rings is 1. The molecule has 3 heterocycles. The molecule has 0 atom stereocenters. The quantitative estimate of drug-likeness (QED) is 0.739. The van der Waals surface area contributed by atoms with E-state index < -0.39 is 0 Å². The van der Waals surface area contributed by atoms with Gasteiger partial charge in [0.2, 0.25) is 6.79 Å². The molecule has 3 aromatic rings. The van der Waals surface area contributed by atoms with E-state index in [1.54, 1.807) is 11.6 Å². The number of carbonyl (C=O) groups excluding carboxylic acids is 1. The molecule has 1 aromatic carbocycles. The summed E-state index contributed by atoms with van der Waals surface area (Å²) in [5.74, 6) is 1.13. The second-order valence-electron chi connectivity index (χ2n) is 4.96. The van der Waals surface area contributed by atoms with Crippen molar-refractivity contribution < 1.29 is 14.3 Å². The van der Waals surface area contributed by atoms with Gasteiger partial charge in [0.15, 0.2) is 21.8 Å². The van der Waals surface area contributed by atoms with Crippen LogP contribution in [0.1, 0.15) is 15.4 Å². The number of fused-ring (bicyclic) bond motifs is 1. The summed E-state index contributed by atoms with van der Waals surface area (Å²) in [7, 11) is 0. The maximum atomic E-state index is 12.2. The van der Waals surface area contributed by atoms with E-state index in [0.717, 1.165) is 16.3 Å². The number of carbonyl (C=O) groups is 1. The van der Waals surface area contributed by atoms with Crippen LogP contribution in [0.15, 0.2) is 29.8 Å². The van der Waals surface area contributed by atoms with Gasteiger partial charge in [0, 0.05) is 28.2 Å². The van der Waals surface area contributed by atoms with Crippen molar-refractivity contribution in [3.8, 4) is 11.5 Å². The summed E-state index contributed by atoms with van der Waals surface area (Å²) in [4.78, 5) is 21.6. The first-order chi connectivity index (χ1) is 11.7. The smallest absolute Gasteiger partial charge is 0.276 e. The van der Waals surface area contributed by atoms with E-state index in [4.69, 9.17) is 9.47 Å². The lowest BCUT2D eigenvalue weighted by Crippen LogP contribution is -2.12. The summed E-state index contributed by atoms with van der Waals surface area (Å²) >= 11 is 2.77. The maximum Gasteiger partial charge on any atom is 0.276 e. The lowest BCUT2D eigenvalue weighted by atomic mass is 10.3. The SMILES string of the molecule is Cc1cnc(NC(=O)c2csc(Nc3ccc4c(c3)OCO4)n2)s1. The van der Waals surface area contributed by atoms with Gasteiger partial charge in [0.25, 0.3) is 5.91 Å². The molecule has 1 aliphatic heterocycles. The molecular weight excluding hydrogens is 348 g/mol. The molecule has 0 aliphatic carbocycles. The monoisotopic (exact) mass is 360 g/mol. The number of anilines is 3. The van der Waals surface area contributed by atoms with Crippen LogP contribution in [0.5, 0.6) is 11.5 Å². The number of hydrogen-bond acceptors (Lipinski definition) is 8. The molecule has 4 rings (SSSR count). The van der Waals surface area contributed by atoms with E-state index in [2.05, 4.69) is 20.6 Å². The van der Waals surface area contributed by atoms with Crippen LogP contribution < -0.4 is 20.1 Å². The number of thiazole rings is 2. The van der Waals surface area contributed by atoms with Crippen molar-refractivity contribution in [3.05, 3.63) is 40.3 Å². The van der Waals surface area contributed by atoms with Crippen LogP contribution in [-0.4, -0.2) is 22.7 Å². The summed E-state index contributed by atoms with van der Waals surface area (Å²) in [5, 5.41) is 8.78. The Morgan fingerprint density at radius 3 is 2.96 bits per heavy atom. The highest BCUT2D eigenvalue weighted by Crippen LogP contribution is 2.35. The number of aryl methyl sites for hydroxylation is 1. The Morgan fingerprint density at radius 2 is 2.12 bits per heavy atom. The Hall–Kier alpha value is -2.65. The fourth-order valence-corrected chi connectivity index (χ4v) is 3.48. The van der Waals surface area contributed by atoms with Gasteiger partial charge < -0.3 is 14.8 Å². The second kappa shape index (κ2) is 6.10. The molecule has 24 heavy (non-hydrogen) atoms. The number of rotatable bonds is 4. The van der Waals surface area contributed by atoms with Gasteiger partial charge in [0.05, 0.1) is 0 Å². The fraction of sp³-hybridized carbons (Fsp3) is 0.133. The number of aromatic nitrogens is 2. The van der Waals surface area contributed by atoms with Gasteiger partial charge in [-0.05, 0) is 19.1 Å². The van der Waals surface area contributed by atoms with Crippen LogP contribution in [-0.2, 0) is 0 Å². The molecule has 0 fully saturated rings. The van der Waals surface area contributed by atoms with E-state index in [0.29, 0.717) is 21.7 Å². The lowest BCUT2D eigenvalue weighted by Gasteiger charge is -2.03. The predicted octanol–water partition coefficient (Wildman–Crippen LogP) is 3.63. The fourth-order valence-electron chi connectivity index (χ4n) is 2.11. The van der Waals surface area contributed by atoms with Gasteiger partial charge in [0.1, 0.15) is 5.69 Å². The van der Waals surface area contributed by atoms with Crippen molar-refractivity contribution >= 4 is 44.5 Å². The van der Waals surface area contributed by atoms with E-state index >= 15 is 0 Å². The van der Waals surface area contributed by atoms with Crippen molar-refractivity contribution in [2.75, 3.05) is 17.4 Å². The van der Waals surface area contributed by atoms with Gasteiger partial charge in [-0.25, -0.2) is 9.97 Å². The highest BCUT2D eigenvalue weighted by atomic mass is 32.1. The van der Waals surface area contributed by atoms with Crippen LogP contribution in [0.4, 0.5) is 16.0 Å². The summed E-state index contributed by atoms with van der Waals surface area (Å²) in [6, 6.07) is 5.53. The summed E-state index contributed by atoms with van der Waals surface area (Å²) in [5.41, 5.74) is 1.16. The minimum Gasteiger partial charge on any atom is -0.454 e. The molecule has 9 heteroatoms. The van der Waals surface area contributed by atoms with Gasteiger partial charge in [-0.3, -0.25) is 10.1 Å². The highest BCUT2D eigenvalue weighted by molar-refractivity contribution is 7.15. The topological polar surface area (TPSA) is 85.4 Å². The van der Waals surface area contributed by atoms with Crippen molar-refractivity contribution in [2.24, 2.45) is 0 Å². The van der Waals surface area contributed by atoms with Crippen LogP contribution in [0.25, 0.3) is 0 Å². The molecule has 0 saturated carbocycles. The summed E-state index contributed by atoms with van der Waals surface area (Å²) in [6.45, 7) is 2.17. The molecule has 2 N–H and O–H groups in total. The number of nitrogens with zero attached hydrogens (tertiary/aromatic N) is 2. The molecule has 122 valence electrons. The minimum absolute atomic E-state index is 0.233. The highest BCUT2D eigenvalue weighted by Gasteiger charge is 2.15. The van der Waals surface area contributed by atoms with Crippen molar-refractivity contribution in [1.82, 2.24) is 9.97 Å². The molecule has 0 saturated heterocycles. The Morgan fingerprint density at radius 1 is 1.25 bits per heavy atom. The number of amides is 1. The van der Waals surface area contributed by atoms with Crippen LogP contribution in [0, 0.1) is 6.92 Å². The predicted molar refractivity (Wildman–Crippen MR) is 92.8 cm³/mol. The molecule has 0 radical (unpaired) electrons. The van der Waals surface area contributed by atoms with Crippen LogP contribution in [0.3, 0.4) is 0 Å². The van der Waals surface area contributed by atoms with Crippen molar-refractivity contribution in [3.63, 3.8) is 0 Å². The van der Waals surface area contributed by atoms with Crippen LogP contribution in [0.2, 0.25) is 0 Å². The van der Waals surface area contributed by atoms with Gasteiger partial charge in [-0.1, -0.05) is 0 Å². The molecule has 7 nitrogen and oxygen atoms in total. The molecule has 1 amide bonds. The third-order valence-corrected chi connectivity index (χ3v) is 4.79. The molecule has 0 unspecified atom stereocenters. The van der Waals surface area contributed by atoms with Gasteiger partial charge in [-0.15, -0.1) is 22.7 Å². The summed E-state index contributed by atoms with van der Waals surface area (Å²) in [6.07, 6.45) is 1.72. The molecule has 1 aliphatic rings. The zero-order valence-electron chi connectivity index (χ0n) is 12.5. The molecule has 0 spiro atoms. The average Bonchev–Trinajstić information content (AvgIpc) is 3.28. The Kier molecular flexibility index (Phi) is 3.79. The number of nitrogens with one attached hydrogen (secondary N) is 2. The average molecular weight is 360 g/mol. The second-order valence-corrected chi connectivity index (χ2v) is 7.05. The molecule has 0 bridgehead atoms. The lowest BCUT2D eigenvalue weighted by molar-refractivity contribution is 0.102. The first-order valence-electron chi connectivity index (χ1n) is 7.03. The standard InChI is InChI=1S/C15H12N4O3S2/c1-8-5-16-14(24-8)19-13(20)10-6-23-15(18-10)17-9-2-3-11-12(4-9)22-7-21-11/h2-6H,7H2,1H3,(H,17,18)(H,16,19,20). The zero-order valence-corrected chi connectivity index (χ0v) is 14.2. The summed E-state index contributed by atoms with van der Waals surface area (Å²) < 4.78 is 10.6. The molecular formula is C15H12N4O3S2. The minimum atomic E-state index is -0.278. The third kappa shape index (κ3) is 3.03. The maximum absolute atomic E-state index is 12.2. The number of hydrogen-bond donors (Lipinski definition) is 2. The van der Waals surface area contributed by atoms with E-state index in [9.17, 15) is 4.79 Å². The first kappa shape index (κ1) is 14.9. The normalized spacial score (nSPS) is 12.2. The zero-order chi connectivity index (χ0) is 16.5. The Balaban J connectivity index is 1.45. The van der Waals surface area contributed by atoms with E-state index in [1.807, 2.05) is 25.1 Å². The van der Waals surface area contributed by atoms with Gasteiger partial charge in [-0.2, -0.15) is 0 Å². The van der Waals surface area contributed by atoms with Crippen molar-refractivity contribution in [1.29, 1.82) is 0 Å². The van der Waals surface area contributed by atoms with Crippen LogP contribution >= 0.6 is 22.7 Å². The Labute approximate surface area is 145 Å². The third-order valence-electron chi connectivity index (χ3n) is 3.20. The van der Waals surface area contributed by atoms with Crippen molar-refractivity contribution in [2.45, 2.75) is 6.92 Å². The van der Waals surface area contributed by atoms with E-state index in [1.165, 1.54) is 22.7 Å². The largest absolute Gasteiger partial charge is 0.454 e. The van der Waals surface area contributed by atoms with Gasteiger partial charge >= 0.3 is 0 Å². The Bertz CT molecular complexity index is 906. The number of ether oxygens (including phenoxy) is 2. The first-order valence-corrected chi connectivity index (χ1v) is 8.73. The molecule has 2 aromatic heterocycles. The van der Waals surface area contributed by atoms with E-state index in [-0.39, 0.29) is 12.7 Å².